The first kappa shape index (κ1) is 25.9. The number of pyridine rings is 1. The van der Waals surface area contributed by atoms with Crippen molar-refractivity contribution < 1.29 is 9.59 Å². The standard InChI is InChI=1S/C26H29ClN6O2/c1-2-3-15-33(16-14-28)24(29)18-8-10-19(11-9-18)25(34)31-22-7-5-4-6-21(22)26(35)32-23-13-12-20(27)17-30-23/h4-13,17,29H,2-3,14-16,28H2,1H3,(H,31,34)(H,30,32,35). The summed E-state index contributed by atoms with van der Waals surface area (Å²) in [4.78, 5) is 31.7. The number of para-hydroxylation sites is 1. The highest BCUT2D eigenvalue weighted by molar-refractivity contribution is 6.30. The average Bonchev–Trinajstić information content (AvgIpc) is 2.88. The van der Waals surface area contributed by atoms with Crippen molar-refractivity contribution in [1.82, 2.24) is 9.88 Å². The van der Waals surface area contributed by atoms with Crippen molar-refractivity contribution in [2.45, 2.75) is 19.8 Å². The Labute approximate surface area is 210 Å². The van der Waals surface area contributed by atoms with Gasteiger partial charge in [0.15, 0.2) is 0 Å². The van der Waals surface area contributed by atoms with E-state index in [1.807, 2.05) is 4.90 Å². The Bertz CT molecular complexity index is 1170. The van der Waals surface area contributed by atoms with Gasteiger partial charge in [-0.05, 0) is 42.8 Å². The highest BCUT2D eigenvalue weighted by atomic mass is 35.5. The summed E-state index contributed by atoms with van der Waals surface area (Å²) >= 11 is 5.84. The number of halogens is 1. The summed E-state index contributed by atoms with van der Waals surface area (Å²) in [7, 11) is 0. The third-order valence-corrected chi connectivity index (χ3v) is 5.53. The van der Waals surface area contributed by atoms with Gasteiger partial charge in [0.25, 0.3) is 11.8 Å². The lowest BCUT2D eigenvalue weighted by Gasteiger charge is -2.24. The molecule has 35 heavy (non-hydrogen) atoms. The van der Waals surface area contributed by atoms with Crippen LogP contribution in [-0.2, 0) is 0 Å². The van der Waals surface area contributed by atoms with Crippen LogP contribution in [0.5, 0.6) is 0 Å². The molecule has 0 unspecified atom stereocenters. The van der Waals surface area contributed by atoms with Gasteiger partial charge in [-0.25, -0.2) is 4.98 Å². The molecule has 0 saturated heterocycles. The number of amidine groups is 1. The van der Waals surface area contributed by atoms with Crippen LogP contribution in [0.25, 0.3) is 0 Å². The lowest BCUT2D eigenvalue weighted by atomic mass is 10.1. The molecule has 8 nitrogen and oxygen atoms in total. The maximum Gasteiger partial charge on any atom is 0.258 e. The summed E-state index contributed by atoms with van der Waals surface area (Å²) in [5.74, 6) is -0.0424. The molecule has 0 spiro atoms. The molecule has 182 valence electrons. The van der Waals surface area contributed by atoms with Crippen LogP contribution >= 0.6 is 11.6 Å². The van der Waals surface area contributed by atoms with Crippen LogP contribution in [0.1, 0.15) is 46.0 Å². The third-order valence-electron chi connectivity index (χ3n) is 5.31. The number of aromatic nitrogens is 1. The van der Waals surface area contributed by atoms with Gasteiger partial charge in [-0.3, -0.25) is 15.0 Å². The number of benzene rings is 2. The van der Waals surface area contributed by atoms with E-state index in [4.69, 9.17) is 22.7 Å². The lowest BCUT2D eigenvalue weighted by Crippen LogP contribution is -2.36. The molecule has 3 rings (SSSR count). The Morgan fingerprint density at radius 2 is 1.69 bits per heavy atom. The minimum absolute atomic E-state index is 0.296. The molecule has 5 N–H and O–H groups in total. The van der Waals surface area contributed by atoms with Gasteiger partial charge in [-0.2, -0.15) is 0 Å². The van der Waals surface area contributed by atoms with Crippen molar-refractivity contribution in [3.8, 4) is 0 Å². The SMILES string of the molecule is CCCCN(CCN)C(=N)c1ccc(C(=O)Nc2ccccc2C(=O)Nc2ccc(Cl)cn2)cc1. The second kappa shape index (κ2) is 12.6. The number of nitrogens with zero attached hydrogens (tertiary/aromatic N) is 2. The minimum atomic E-state index is -0.411. The summed E-state index contributed by atoms with van der Waals surface area (Å²) in [6, 6.07) is 16.8. The van der Waals surface area contributed by atoms with Crippen molar-refractivity contribution in [1.29, 1.82) is 5.41 Å². The van der Waals surface area contributed by atoms with Gasteiger partial charge in [0, 0.05) is 37.0 Å². The van der Waals surface area contributed by atoms with E-state index in [1.54, 1.807) is 60.7 Å². The lowest BCUT2D eigenvalue weighted by molar-refractivity contribution is 0.102. The first-order valence-corrected chi connectivity index (χ1v) is 11.8. The second-order valence-electron chi connectivity index (χ2n) is 7.87. The van der Waals surface area contributed by atoms with E-state index in [1.165, 1.54) is 6.20 Å². The Hall–Kier alpha value is -3.75. The Kier molecular flexibility index (Phi) is 9.34. The normalized spacial score (nSPS) is 10.5. The molecule has 0 aliphatic rings. The molecule has 0 aliphatic heterocycles. The van der Waals surface area contributed by atoms with E-state index in [0.29, 0.717) is 52.1 Å². The summed E-state index contributed by atoms with van der Waals surface area (Å²) in [6.45, 7) is 3.94. The predicted octanol–water partition coefficient (Wildman–Crippen LogP) is 4.63. The largest absolute Gasteiger partial charge is 0.355 e. The molecule has 0 radical (unpaired) electrons. The van der Waals surface area contributed by atoms with Crippen LogP contribution < -0.4 is 16.4 Å². The molecule has 1 aromatic heterocycles. The fourth-order valence-corrected chi connectivity index (χ4v) is 3.53. The van der Waals surface area contributed by atoms with Crippen molar-refractivity contribution in [2.24, 2.45) is 5.73 Å². The molecule has 0 atom stereocenters. The fourth-order valence-electron chi connectivity index (χ4n) is 3.42. The van der Waals surface area contributed by atoms with Gasteiger partial charge in [0.05, 0.1) is 16.3 Å². The molecule has 0 bridgehead atoms. The topological polar surface area (TPSA) is 124 Å². The summed E-state index contributed by atoms with van der Waals surface area (Å²) in [6.07, 6.45) is 3.44. The molecule has 0 aliphatic carbocycles. The number of hydrogen-bond donors (Lipinski definition) is 4. The van der Waals surface area contributed by atoms with Crippen molar-refractivity contribution in [3.05, 3.63) is 88.6 Å². The maximum atomic E-state index is 12.9. The Balaban J connectivity index is 1.70. The van der Waals surface area contributed by atoms with E-state index >= 15 is 0 Å². The zero-order chi connectivity index (χ0) is 25.2. The third kappa shape index (κ3) is 7.11. The molecule has 0 fully saturated rings. The Morgan fingerprint density at radius 3 is 2.34 bits per heavy atom. The van der Waals surface area contributed by atoms with Crippen LogP contribution in [0.3, 0.4) is 0 Å². The van der Waals surface area contributed by atoms with Gasteiger partial charge in [0.2, 0.25) is 0 Å². The number of hydrogen-bond acceptors (Lipinski definition) is 5. The number of anilines is 2. The molecule has 9 heteroatoms. The highest BCUT2D eigenvalue weighted by Crippen LogP contribution is 2.19. The van der Waals surface area contributed by atoms with Crippen LogP contribution in [0.2, 0.25) is 5.02 Å². The van der Waals surface area contributed by atoms with Crippen LogP contribution in [0.15, 0.2) is 66.9 Å². The van der Waals surface area contributed by atoms with Gasteiger partial charge in [-0.1, -0.05) is 49.2 Å². The van der Waals surface area contributed by atoms with E-state index in [-0.39, 0.29) is 5.91 Å². The zero-order valence-electron chi connectivity index (χ0n) is 19.6. The van der Waals surface area contributed by atoms with Gasteiger partial charge >= 0.3 is 0 Å². The number of nitrogens with two attached hydrogens (primary N) is 1. The monoisotopic (exact) mass is 492 g/mol. The molecular weight excluding hydrogens is 464 g/mol. The molecule has 3 aromatic rings. The quantitative estimate of drug-likeness (QED) is 0.243. The fraction of sp³-hybridized carbons (Fsp3) is 0.231. The molecule has 1 heterocycles. The van der Waals surface area contributed by atoms with Crippen LogP contribution in [0, 0.1) is 5.41 Å². The van der Waals surface area contributed by atoms with E-state index in [0.717, 1.165) is 19.4 Å². The van der Waals surface area contributed by atoms with E-state index < -0.39 is 5.91 Å². The van der Waals surface area contributed by atoms with Gasteiger partial charge < -0.3 is 21.3 Å². The molecule has 2 aromatic carbocycles. The smallest absolute Gasteiger partial charge is 0.258 e. The first-order valence-electron chi connectivity index (χ1n) is 11.4. The summed E-state index contributed by atoms with van der Waals surface area (Å²) < 4.78 is 0. The van der Waals surface area contributed by atoms with Gasteiger partial charge in [0.1, 0.15) is 11.7 Å². The van der Waals surface area contributed by atoms with Crippen LogP contribution in [0.4, 0.5) is 11.5 Å². The molecule has 0 saturated carbocycles. The summed E-state index contributed by atoms with van der Waals surface area (Å²) in [5.41, 5.74) is 7.50. The van der Waals surface area contributed by atoms with Crippen molar-refractivity contribution in [3.63, 3.8) is 0 Å². The van der Waals surface area contributed by atoms with Gasteiger partial charge in [-0.15, -0.1) is 0 Å². The summed E-state index contributed by atoms with van der Waals surface area (Å²) in [5, 5.41) is 14.5. The second-order valence-corrected chi connectivity index (χ2v) is 8.31. The number of nitrogens with one attached hydrogen (secondary N) is 3. The predicted molar refractivity (Wildman–Crippen MR) is 140 cm³/mol. The van der Waals surface area contributed by atoms with Crippen molar-refractivity contribution >= 4 is 40.8 Å². The zero-order valence-corrected chi connectivity index (χ0v) is 20.3. The molecular formula is C26H29ClN6O2. The maximum absolute atomic E-state index is 12.9. The first-order chi connectivity index (χ1) is 16.9. The number of unbranched alkanes of at least 4 members (excludes halogenated alkanes) is 1. The highest BCUT2D eigenvalue weighted by Gasteiger charge is 2.16. The number of carbonyl (C=O) groups is 2. The number of rotatable bonds is 10. The number of amides is 2. The van der Waals surface area contributed by atoms with Crippen LogP contribution in [-0.4, -0.2) is 47.2 Å². The van der Waals surface area contributed by atoms with Crippen molar-refractivity contribution in [2.75, 3.05) is 30.3 Å². The average molecular weight is 493 g/mol. The Morgan fingerprint density at radius 1 is 0.971 bits per heavy atom. The van der Waals surface area contributed by atoms with E-state index in [9.17, 15) is 9.59 Å². The number of carbonyl (C=O) groups excluding carboxylic acids is 2. The van der Waals surface area contributed by atoms with E-state index in [2.05, 4.69) is 22.5 Å². The minimum Gasteiger partial charge on any atom is -0.355 e. The molecule has 2 amide bonds.